The zero-order chi connectivity index (χ0) is 20.6. The van der Waals surface area contributed by atoms with Gasteiger partial charge >= 0.3 is 0 Å². The molecule has 28 heavy (non-hydrogen) atoms. The number of amides is 1. The predicted molar refractivity (Wildman–Crippen MR) is 105 cm³/mol. The number of aromatic nitrogens is 2. The number of hydrogen-bond acceptors (Lipinski definition) is 4. The van der Waals surface area contributed by atoms with Gasteiger partial charge in [0.1, 0.15) is 17.0 Å². The second kappa shape index (κ2) is 7.23. The Morgan fingerprint density at radius 3 is 2.57 bits per heavy atom. The van der Waals surface area contributed by atoms with Crippen molar-refractivity contribution in [1.82, 2.24) is 14.9 Å². The molecule has 0 aliphatic heterocycles. The van der Waals surface area contributed by atoms with E-state index in [2.05, 4.69) is 10.3 Å². The Hall–Kier alpha value is -2.94. The molecular formula is C19H20FN3O4S. The number of carbonyl (C=O) groups is 1. The zero-order valence-electron chi connectivity index (χ0n) is 15.7. The number of benzene rings is 1. The number of aromatic amines is 1. The second-order valence-electron chi connectivity index (χ2n) is 6.34. The maximum absolute atomic E-state index is 14.6. The van der Waals surface area contributed by atoms with Gasteiger partial charge in [0, 0.05) is 36.3 Å². The first-order valence-corrected chi connectivity index (χ1v) is 10.4. The van der Waals surface area contributed by atoms with Crippen molar-refractivity contribution in [3.63, 3.8) is 0 Å². The number of sulfone groups is 1. The second-order valence-corrected chi connectivity index (χ2v) is 8.61. The van der Waals surface area contributed by atoms with Gasteiger partial charge in [-0.15, -0.1) is 0 Å². The predicted octanol–water partition coefficient (Wildman–Crippen LogP) is 2.22. The van der Waals surface area contributed by atoms with Crippen LogP contribution in [0.1, 0.15) is 24.3 Å². The molecule has 1 aromatic carbocycles. The smallest absolute Gasteiger partial charge is 0.274 e. The third kappa shape index (κ3) is 3.33. The van der Waals surface area contributed by atoms with E-state index in [4.69, 9.17) is 0 Å². The fourth-order valence-electron chi connectivity index (χ4n) is 3.00. The standard InChI is InChI=1S/C19H20FN3O4S/c1-4-21-18(24)16-9-13-14(10-23(3)19(25)17(13)22-16)12-8-11(6-7-15(12)20)28(26,27)5-2/h6-10,22H,4-5H2,1-3H3,(H,21,24). The van der Waals surface area contributed by atoms with Gasteiger partial charge in [-0.3, -0.25) is 9.59 Å². The van der Waals surface area contributed by atoms with Crippen molar-refractivity contribution in [2.75, 3.05) is 12.3 Å². The lowest BCUT2D eigenvalue weighted by Crippen LogP contribution is -2.23. The van der Waals surface area contributed by atoms with Crippen molar-refractivity contribution in [2.24, 2.45) is 7.05 Å². The molecule has 0 atom stereocenters. The zero-order valence-corrected chi connectivity index (χ0v) is 16.5. The normalized spacial score (nSPS) is 11.7. The molecule has 1 amide bonds. The summed E-state index contributed by atoms with van der Waals surface area (Å²) >= 11 is 0. The van der Waals surface area contributed by atoms with E-state index in [0.29, 0.717) is 17.5 Å². The highest BCUT2D eigenvalue weighted by Crippen LogP contribution is 2.31. The number of rotatable bonds is 5. The number of nitrogens with one attached hydrogen (secondary N) is 2. The number of halogens is 1. The van der Waals surface area contributed by atoms with E-state index >= 15 is 0 Å². The van der Waals surface area contributed by atoms with Crippen LogP contribution in [0.25, 0.3) is 22.0 Å². The van der Waals surface area contributed by atoms with Crippen LogP contribution in [0.4, 0.5) is 4.39 Å². The maximum Gasteiger partial charge on any atom is 0.274 e. The number of aryl methyl sites for hydroxylation is 1. The maximum atomic E-state index is 14.6. The van der Waals surface area contributed by atoms with Crippen LogP contribution in [-0.2, 0) is 16.9 Å². The summed E-state index contributed by atoms with van der Waals surface area (Å²) in [4.78, 5) is 27.4. The lowest BCUT2D eigenvalue weighted by Gasteiger charge is -2.10. The fourth-order valence-corrected chi connectivity index (χ4v) is 3.90. The van der Waals surface area contributed by atoms with Gasteiger partial charge in [-0.1, -0.05) is 6.92 Å². The molecular weight excluding hydrogens is 385 g/mol. The molecule has 0 unspecified atom stereocenters. The molecule has 9 heteroatoms. The van der Waals surface area contributed by atoms with Crippen LogP contribution < -0.4 is 10.9 Å². The van der Waals surface area contributed by atoms with Gasteiger partial charge in [-0.25, -0.2) is 12.8 Å². The van der Waals surface area contributed by atoms with E-state index in [1.54, 1.807) is 6.92 Å². The van der Waals surface area contributed by atoms with Crippen LogP contribution in [0.15, 0.2) is 40.2 Å². The molecule has 2 aromatic heterocycles. The van der Waals surface area contributed by atoms with Gasteiger partial charge in [0.05, 0.1) is 10.6 Å². The number of carbonyl (C=O) groups excluding carboxylic acids is 1. The Labute approximate surface area is 161 Å². The van der Waals surface area contributed by atoms with Crippen molar-refractivity contribution >= 4 is 26.6 Å². The third-order valence-electron chi connectivity index (χ3n) is 4.51. The molecule has 0 spiro atoms. The first kappa shape index (κ1) is 19.8. The van der Waals surface area contributed by atoms with E-state index in [0.717, 1.165) is 6.07 Å². The summed E-state index contributed by atoms with van der Waals surface area (Å²) in [5.74, 6) is -1.14. The SMILES string of the molecule is CCNC(=O)c1cc2c(-c3cc(S(=O)(=O)CC)ccc3F)cn(C)c(=O)c2[nH]1. The highest BCUT2D eigenvalue weighted by atomic mass is 32.2. The third-order valence-corrected chi connectivity index (χ3v) is 6.25. The number of H-pyrrole nitrogens is 1. The van der Waals surface area contributed by atoms with E-state index in [9.17, 15) is 22.4 Å². The van der Waals surface area contributed by atoms with E-state index in [-0.39, 0.29) is 33.0 Å². The molecule has 3 aromatic rings. The summed E-state index contributed by atoms with van der Waals surface area (Å²) in [6, 6.07) is 5.03. The molecule has 2 heterocycles. The van der Waals surface area contributed by atoms with Crippen molar-refractivity contribution in [3.05, 3.63) is 52.3 Å². The summed E-state index contributed by atoms with van der Waals surface area (Å²) in [7, 11) is -2.04. The average Bonchev–Trinajstić information content (AvgIpc) is 3.11. The van der Waals surface area contributed by atoms with Crippen molar-refractivity contribution in [3.8, 4) is 11.1 Å². The minimum atomic E-state index is -3.54. The average molecular weight is 405 g/mol. The summed E-state index contributed by atoms with van der Waals surface area (Å²) in [5, 5.41) is 2.97. The Morgan fingerprint density at radius 2 is 1.93 bits per heavy atom. The molecule has 7 nitrogen and oxygen atoms in total. The van der Waals surface area contributed by atoms with Gasteiger partial charge in [-0.2, -0.15) is 0 Å². The van der Waals surface area contributed by atoms with Crippen molar-refractivity contribution in [2.45, 2.75) is 18.7 Å². The van der Waals surface area contributed by atoms with Gasteiger partial charge in [0.25, 0.3) is 11.5 Å². The Bertz CT molecular complexity index is 1240. The summed E-state index contributed by atoms with van der Waals surface area (Å²) in [6.45, 7) is 3.68. The largest absolute Gasteiger partial charge is 0.351 e. The minimum absolute atomic E-state index is 0.00658. The Morgan fingerprint density at radius 1 is 1.21 bits per heavy atom. The molecule has 3 rings (SSSR count). The molecule has 0 fully saturated rings. The van der Waals surface area contributed by atoms with E-state index < -0.39 is 21.6 Å². The molecule has 148 valence electrons. The van der Waals surface area contributed by atoms with Gasteiger partial charge in [0.15, 0.2) is 9.84 Å². The number of nitrogens with zero attached hydrogens (tertiary/aromatic N) is 1. The van der Waals surface area contributed by atoms with Crippen LogP contribution in [0.5, 0.6) is 0 Å². The summed E-state index contributed by atoms with van der Waals surface area (Å²) in [5.41, 5.74) is 0.279. The molecule has 0 bridgehead atoms. The highest BCUT2D eigenvalue weighted by Gasteiger charge is 2.20. The molecule has 0 saturated carbocycles. The minimum Gasteiger partial charge on any atom is -0.351 e. The van der Waals surface area contributed by atoms with Crippen molar-refractivity contribution < 1.29 is 17.6 Å². The van der Waals surface area contributed by atoms with Crippen molar-refractivity contribution in [1.29, 1.82) is 0 Å². The van der Waals surface area contributed by atoms with Gasteiger partial charge < -0.3 is 14.9 Å². The molecule has 0 radical (unpaired) electrons. The Kier molecular flexibility index (Phi) is 5.12. The van der Waals surface area contributed by atoms with Gasteiger partial charge in [-0.05, 0) is 31.2 Å². The van der Waals surface area contributed by atoms with Crippen LogP contribution in [-0.4, -0.2) is 36.2 Å². The number of pyridine rings is 1. The lowest BCUT2D eigenvalue weighted by molar-refractivity contribution is 0.0951. The van der Waals surface area contributed by atoms with Gasteiger partial charge in [0.2, 0.25) is 0 Å². The number of fused-ring (bicyclic) bond motifs is 1. The highest BCUT2D eigenvalue weighted by molar-refractivity contribution is 7.91. The topological polar surface area (TPSA) is 101 Å². The quantitative estimate of drug-likeness (QED) is 0.636. The number of hydrogen-bond donors (Lipinski definition) is 2. The lowest BCUT2D eigenvalue weighted by atomic mass is 10.0. The first-order valence-electron chi connectivity index (χ1n) is 8.72. The molecule has 0 saturated heterocycles. The first-order chi connectivity index (χ1) is 13.2. The summed E-state index contributed by atoms with van der Waals surface area (Å²) in [6.07, 6.45) is 1.43. The van der Waals surface area contributed by atoms with Crippen LogP contribution in [0.3, 0.4) is 0 Å². The monoisotopic (exact) mass is 405 g/mol. The van der Waals surface area contributed by atoms with Crippen LogP contribution >= 0.6 is 0 Å². The van der Waals surface area contributed by atoms with Crippen LogP contribution in [0, 0.1) is 5.82 Å². The Balaban J connectivity index is 2.32. The van der Waals surface area contributed by atoms with Crippen LogP contribution in [0.2, 0.25) is 0 Å². The van der Waals surface area contributed by atoms with E-state index in [1.807, 2.05) is 0 Å². The van der Waals surface area contributed by atoms with E-state index in [1.165, 1.54) is 42.9 Å². The molecule has 0 aliphatic carbocycles. The molecule has 0 aliphatic rings. The summed E-state index contributed by atoms with van der Waals surface area (Å²) < 4.78 is 40.3. The fraction of sp³-hybridized carbons (Fsp3) is 0.263. The molecule has 2 N–H and O–H groups in total.